The van der Waals surface area contributed by atoms with E-state index in [4.69, 9.17) is 9.84 Å². The largest absolute Gasteiger partial charge is 0.508 e. The van der Waals surface area contributed by atoms with Gasteiger partial charge in [0.25, 0.3) is 0 Å². The van der Waals surface area contributed by atoms with Gasteiger partial charge >= 0.3 is 5.97 Å². The van der Waals surface area contributed by atoms with Crippen LogP contribution in [0.15, 0.2) is 62.4 Å². The Morgan fingerprint density at radius 3 is 2.36 bits per heavy atom. The van der Waals surface area contributed by atoms with Gasteiger partial charge in [0.1, 0.15) is 11.5 Å². The van der Waals surface area contributed by atoms with Gasteiger partial charge in [-0.05, 0) is 73.3 Å². The van der Waals surface area contributed by atoms with Gasteiger partial charge in [0, 0.05) is 24.2 Å². The molecule has 28 heavy (non-hydrogen) atoms. The Bertz CT molecular complexity index is 1050. The zero-order valence-corrected chi connectivity index (χ0v) is 17.6. The SMILES string of the molecule is O=C(O)Cc1cc(Br)c(Oc2ccc(O)c(Cc3ccc(=O)[nH]c3)c2)c(Br)c1. The number of H-pyrrole nitrogens is 1. The number of pyridine rings is 1. The Hall–Kier alpha value is -2.58. The lowest BCUT2D eigenvalue weighted by Gasteiger charge is -2.13. The van der Waals surface area contributed by atoms with E-state index in [-0.39, 0.29) is 17.7 Å². The van der Waals surface area contributed by atoms with E-state index in [1.165, 1.54) is 12.1 Å². The number of carboxylic acid groups (broad SMARTS) is 1. The van der Waals surface area contributed by atoms with Crippen molar-refractivity contribution in [3.05, 3.63) is 84.7 Å². The van der Waals surface area contributed by atoms with Crippen molar-refractivity contribution in [1.82, 2.24) is 4.98 Å². The molecular weight excluding hydrogens is 494 g/mol. The van der Waals surface area contributed by atoms with Crippen molar-refractivity contribution < 1.29 is 19.7 Å². The predicted molar refractivity (Wildman–Crippen MR) is 111 cm³/mol. The maximum absolute atomic E-state index is 11.2. The highest BCUT2D eigenvalue weighted by molar-refractivity contribution is 9.11. The molecule has 2 aromatic carbocycles. The van der Waals surface area contributed by atoms with E-state index in [1.54, 1.807) is 36.5 Å². The van der Waals surface area contributed by atoms with Crippen LogP contribution in [0, 0.1) is 0 Å². The summed E-state index contributed by atoms with van der Waals surface area (Å²) in [6.45, 7) is 0. The van der Waals surface area contributed by atoms with E-state index >= 15 is 0 Å². The van der Waals surface area contributed by atoms with Crippen molar-refractivity contribution >= 4 is 37.8 Å². The number of hydrogen-bond acceptors (Lipinski definition) is 4. The zero-order chi connectivity index (χ0) is 20.3. The fourth-order valence-corrected chi connectivity index (χ4v) is 4.09. The first kappa shape index (κ1) is 20.2. The molecule has 0 aliphatic carbocycles. The van der Waals surface area contributed by atoms with Gasteiger partial charge in [-0.15, -0.1) is 0 Å². The minimum absolute atomic E-state index is 0.0972. The van der Waals surface area contributed by atoms with Gasteiger partial charge in [-0.2, -0.15) is 0 Å². The summed E-state index contributed by atoms with van der Waals surface area (Å²) >= 11 is 6.82. The van der Waals surface area contributed by atoms with Crippen molar-refractivity contribution in [2.75, 3.05) is 0 Å². The summed E-state index contributed by atoms with van der Waals surface area (Å²) in [5, 5.41) is 19.1. The molecule has 1 aromatic heterocycles. The number of halogens is 2. The summed E-state index contributed by atoms with van der Waals surface area (Å²) in [6.07, 6.45) is 1.92. The van der Waals surface area contributed by atoms with E-state index in [0.29, 0.717) is 38.0 Å². The summed E-state index contributed by atoms with van der Waals surface area (Å²) in [5.41, 5.74) is 1.92. The van der Waals surface area contributed by atoms with Crippen molar-refractivity contribution in [2.24, 2.45) is 0 Å². The molecule has 0 aliphatic rings. The van der Waals surface area contributed by atoms with Crippen molar-refractivity contribution in [2.45, 2.75) is 12.8 Å². The third kappa shape index (κ3) is 5.02. The molecule has 0 aliphatic heterocycles. The zero-order valence-electron chi connectivity index (χ0n) is 14.4. The van der Waals surface area contributed by atoms with Crippen LogP contribution in [0.5, 0.6) is 17.2 Å². The van der Waals surface area contributed by atoms with Crippen LogP contribution in [0.3, 0.4) is 0 Å². The number of ether oxygens (including phenoxy) is 1. The standard InChI is InChI=1S/C20H15Br2NO5/c21-15-6-12(8-19(26)27)7-16(22)20(15)28-14-2-3-17(24)13(9-14)5-11-1-4-18(25)23-10-11/h1-4,6-7,9-10,24H,5,8H2,(H,23,25)(H,26,27). The Balaban J connectivity index is 1.86. The molecule has 8 heteroatoms. The summed E-state index contributed by atoms with van der Waals surface area (Å²) in [7, 11) is 0. The summed E-state index contributed by atoms with van der Waals surface area (Å²) in [4.78, 5) is 24.7. The van der Waals surface area contributed by atoms with Crippen molar-refractivity contribution in [1.29, 1.82) is 0 Å². The number of carboxylic acids is 1. The average Bonchev–Trinajstić information content (AvgIpc) is 2.62. The number of rotatable bonds is 6. The highest BCUT2D eigenvalue weighted by Gasteiger charge is 2.13. The number of aromatic hydroxyl groups is 1. The van der Waals surface area contributed by atoms with Gasteiger partial charge in [0.2, 0.25) is 5.56 Å². The van der Waals surface area contributed by atoms with Crippen LogP contribution in [-0.4, -0.2) is 21.2 Å². The molecule has 0 saturated heterocycles. The van der Waals surface area contributed by atoms with Gasteiger partial charge < -0.3 is 19.9 Å². The first-order chi connectivity index (χ1) is 13.3. The number of benzene rings is 2. The third-order valence-corrected chi connectivity index (χ3v) is 5.11. The van der Waals surface area contributed by atoms with Gasteiger partial charge in [0.05, 0.1) is 15.4 Å². The van der Waals surface area contributed by atoms with Gasteiger partial charge in [-0.3, -0.25) is 9.59 Å². The molecule has 0 atom stereocenters. The molecule has 0 bridgehead atoms. The Morgan fingerprint density at radius 1 is 1.04 bits per heavy atom. The number of phenolic OH excluding ortho intramolecular Hbond substituents is 1. The second-order valence-electron chi connectivity index (χ2n) is 6.09. The van der Waals surface area contributed by atoms with Gasteiger partial charge in [0.15, 0.2) is 5.75 Å². The van der Waals surface area contributed by atoms with Crippen LogP contribution in [0.25, 0.3) is 0 Å². The molecule has 0 fully saturated rings. The molecule has 3 N–H and O–H groups in total. The number of hydrogen-bond donors (Lipinski definition) is 3. The number of phenols is 1. The molecule has 0 spiro atoms. The smallest absolute Gasteiger partial charge is 0.307 e. The molecule has 0 unspecified atom stereocenters. The lowest BCUT2D eigenvalue weighted by Crippen LogP contribution is -2.03. The summed E-state index contributed by atoms with van der Waals surface area (Å²) in [5.74, 6) is 0.200. The van der Waals surface area contributed by atoms with E-state index in [0.717, 1.165) is 5.56 Å². The first-order valence-corrected chi connectivity index (χ1v) is 9.77. The molecular formula is C20H15Br2NO5. The quantitative estimate of drug-likeness (QED) is 0.451. The van der Waals surface area contributed by atoms with Crippen molar-refractivity contribution in [3.63, 3.8) is 0 Å². The predicted octanol–water partition coefficient (Wildman–Crippen LogP) is 4.62. The van der Waals surface area contributed by atoms with Gasteiger partial charge in [-0.25, -0.2) is 0 Å². The molecule has 0 amide bonds. The molecule has 3 rings (SSSR count). The third-order valence-electron chi connectivity index (χ3n) is 3.93. The fraction of sp³-hybridized carbons (Fsp3) is 0.100. The van der Waals surface area contributed by atoms with Crippen LogP contribution < -0.4 is 10.3 Å². The number of aliphatic carboxylic acids is 1. The minimum atomic E-state index is -0.919. The molecule has 144 valence electrons. The lowest BCUT2D eigenvalue weighted by molar-refractivity contribution is -0.136. The Morgan fingerprint density at radius 2 is 1.75 bits per heavy atom. The fourth-order valence-electron chi connectivity index (χ4n) is 2.64. The number of carbonyl (C=O) groups is 1. The average molecular weight is 509 g/mol. The van der Waals surface area contributed by atoms with Crippen LogP contribution >= 0.6 is 31.9 Å². The summed E-state index contributed by atoms with van der Waals surface area (Å²) < 4.78 is 7.15. The minimum Gasteiger partial charge on any atom is -0.508 e. The van der Waals surface area contributed by atoms with E-state index in [1.807, 2.05) is 0 Å². The number of aromatic amines is 1. The van der Waals surface area contributed by atoms with Crippen LogP contribution in [0.2, 0.25) is 0 Å². The maximum Gasteiger partial charge on any atom is 0.307 e. The topological polar surface area (TPSA) is 99.6 Å². The molecule has 3 aromatic rings. The Kier molecular flexibility index (Phi) is 6.21. The highest BCUT2D eigenvalue weighted by atomic mass is 79.9. The van der Waals surface area contributed by atoms with Gasteiger partial charge in [-0.1, -0.05) is 6.07 Å². The first-order valence-electron chi connectivity index (χ1n) is 8.19. The molecule has 6 nitrogen and oxygen atoms in total. The van der Waals surface area contributed by atoms with E-state index in [9.17, 15) is 14.7 Å². The van der Waals surface area contributed by atoms with Crippen LogP contribution in [-0.2, 0) is 17.6 Å². The van der Waals surface area contributed by atoms with Crippen molar-refractivity contribution in [3.8, 4) is 17.2 Å². The number of nitrogens with one attached hydrogen (secondary N) is 1. The normalized spacial score (nSPS) is 10.6. The van der Waals surface area contributed by atoms with Crippen LogP contribution in [0.4, 0.5) is 0 Å². The Labute approximate surface area is 177 Å². The summed E-state index contributed by atoms with van der Waals surface area (Å²) in [6, 6.07) is 11.4. The molecule has 1 heterocycles. The second-order valence-corrected chi connectivity index (χ2v) is 7.80. The number of aromatic nitrogens is 1. The van der Waals surface area contributed by atoms with E-state index < -0.39 is 5.97 Å². The lowest BCUT2D eigenvalue weighted by atomic mass is 10.1. The highest BCUT2D eigenvalue weighted by Crippen LogP contribution is 2.39. The molecule has 0 saturated carbocycles. The van der Waals surface area contributed by atoms with E-state index in [2.05, 4.69) is 36.8 Å². The molecule has 0 radical (unpaired) electrons. The monoisotopic (exact) mass is 507 g/mol. The maximum atomic E-state index is 11.2. The second kappa shape index (κ2) is 8.62. The van der Waals surface area contributed by atoms with Crippen LogP contribution in [0.1, 0.15) is 16.7 Å².